The zero-order chi connectivity index (χ0) is 15.4. The monoisotopic (exact) mass is 289 g/mol. The van der Waals surface area contributed by atoms with Crippen molar-refractivity contribution in [1.82, 2.24) is 25.5 Å². The Hall–Kier alpha value is -2.77. The van der Waals surface area contributed by atoms with Crippen LogP contribution in [0.4, 0.5) is 0 Å². The highest BCUT2D eigenvalue weighted by Gasteiger charge is 2.22. The third kappa shape index (κ3) is 3.22. The molecule has 2 unspecified atom stereocenters. The highest BCUT2D eigenvalue weighted by Crippen LogP contribution is 2.13. The van der Waals surface area contributed by atoms with Crippen LogP contribution in [0.5, 0.6) is 0 Å². The maximum Gasteiger partial charge on any atom is 0.308 e. The lowest BCUT2D eigenvalue weighted by Gasteiger charge is -2.18. The largest absolute Gasteiger partial charge is 0.481 e. The molecular formula is C13H15N5O3. The van der Waals surface area contributed by atoms with Gasteiger partial charge in [-0.05, 0) is 36.4 Å². The van der Waals surface area contributed by atoms with Crippen LogP contribution in [-0.4, -0.2) is 43.2 Å². The molecule has 1 heterocycles. The summed E-state index contributed by atoms with van der Waals surface area (Å²) < 4.78 is 1.38. The molecular weight excluding hydrogens is 274 g/mol. The number of aliphatic carboxylic acids is 1. The SMILES string of the molecule is CC(NC(=O)c1ccccc1-n1cnnn1)C(C)C(=O)O. The van der Waals surface area contributed by atoms with Gasteiger partial charge in [-0.1, -0.05) is 12.1 Å². The van der Waals surface area contributed by atoms with Crippen molar-refractivity contribution in [3.8, 4) is 5.69 Å². The van der Waals surface area contributed by atoms with Gasteiger partial charge in [0.05, 0.1) is 17.2 Å². The first kappa shape index (κ1) is 14.6. The first-order chi connectivity index (χ1) is 10.0. The summed E-state index contributed by atoms with van der Waals surface area (Å²) in [6.45, 7) is 3.19. The molecule has 8 nitrogen and oxygen atoms in total. The Labute approximate surface area is 120 Å². The number of tetrazole rings is 1. The van der Waals surface area contributed by atoms with E-state index in [4.69, 9.17) is 5.11 Å². The minimum atomic E-state index is -0.962. The molecule has 110 valence electrons. The van der Waals surface area contributed by atoms with Crippen LogP contribution in [0.3, 0.4) is 0 Å². The van der Waals surface area contributed by atoms with E-state index in [1.165, 1.54) is 11.0 Å². The molecule has 2 aromatic rings. The summed E-state index contributed by atoms with van der Waals surface area (Å²) in [4.78, 5) is 23.2. The van der Waals surface area contributed by atoms with Crippen molar-refractivity contribution >= 4 is 11.9 Å². The smallest absolute Gasteiger partial charge is 0.308 e. The van der Waals surface area contributed by atoms with Gasteiger partial charge in [0.15, 0.2) is 0 Å². The van der Waals surface area contributed by atoms with Crippen LogP contribution in [0.25, 0.3) is 5.69 Å². The van der Waals surface area contributed by atoms with E-state index in [-0.39, 0.29) is 5.91 Å². The number of carboxylic acid groups (broad SMARTS) is 1. The number of aromatic nitrogens is 4. The molecule has 2 atom stereocenters. The molecule has 2 rings (SSSR count). The standard InChI is InChI=1S/C13H15N5O3/c1-8(13(20)21)9(2)15-12(19)10-5-3-4-6-11(10)18-7-14-16-17-18/h3-9H,1-2H3,(H,15,19)(H,20,21). The molecule has 0 bridgehead atoms. The van der Waals surface area contributed by atoms with Crippen LogP contribution in [0.1, 0.15) is 24.2 Å². The molecule has 21 heavy (non-hydrogen) atoms. The number of hydrogen-bond acceptors (Lipinski definition) is 5. The summed E-state index contributed by atoms with van der Waals surface area (Å²) in [5, 5.41) is 22.5. The summed E-state index contributed by atoms with van der Waals surface area (Å²) in [6, 6.07) is 6.31. The number of rotatable bonds is 5. The molecule has 1 aromatic carbocycles. The molecule has 0 aliphatic carbocycles. The lowest BCUT2D eigenvalue weighted by Crippen LogP contribution is -2.40. The quantitative estimate of drug-likeness (QED) is 0.829. The number of carbonyl (C=O) groups is 2. The van der Waals surface area contributed by atoms with E-state index in [2.05, 4.69) is 20.8 Å². The first-order valence-corrected chi connectivity index (χ1v) is 6.36. The predicted octanol–water partition coefficient (Wildman–Crippen LogP) is 0.501. The second-order valence-corrected chi connectivity index (χ2v) is 4.66. The van der Waals surface area contributed by atoms with Crippen molar-refractivity contribution in [2.75, 3.05) is 0 Å². The van der Waals surface area contributed by atoms with Crippen molar-refractivity contribution in [2.24, 2.45) is 5.92 Å². The average molecular weight is 289 g/mol. The number of amides is 1. The van der Waals surface area contributed by atoms with Crippen LogP contribution in [-0.2, 0) is 4.79 Å². The van der Waals surface area contributed by atoms with Gasteiger partial charge in [-0.25, -0.2) is 0 Å². The second kappa shape index (κ2) is 6.12. The Kier molecular flexibility index (Phi) is 4.27. The maximum absolute atomic E-state index is 12.3. The summed E-state index contributed by atoms with van der Waals surface area (Å²) >= 11 is 0. The molecule has 0 saturated carbocycles. The van der Waals surface area contributed by atoms with Crippen molar-refractivity contribution in [3.05, 3.63) is 36.2 Å². The third-order valence-electron chi connectivity index (χ3n) is 3.24. The van der Waals surface area contributed by atoms with Gasteiger partial charge in [-0.2, -0.15) is 4.68 Å². The van der Waals surface area contributed by atoms with E-state index in [1.54, 1.807) is 38.1 Å². The van der Waals surface area contributed by atoms with Crippen LogP contribution in [0, 0.1) is 5.92 Å². The molecule has 0 aliphatic heterocycles. The fraction of sp³-hybridized carbons (Fsp3) is 0.308. The van der Waals surface area contributed by atoms with E-state index in [1.807, 2.05) is 0 Å². The van der Waals surface area contributed by atoms with Gasteiger partial charge in [0.2, 0.25) is 0 Å². The van der Waals surface area contributed by atoms with Gasteiger partial charge in [0, 0.05) is 6.04 Å². The number of para-hydroxylation sites is 1. The van der Waals surface area contributed by atoms with Crippen LogP contribution < -0.4 is 5.32 Å². The minimum absolute atomic E-state index is 0.370. The number of carboxylic acids is 1. The summed E-state index contributed by atoms with van der Waals surface area (Å²) in [6.07, 6.45) is 1.38. The fourth-order valence-electron chi connectivity index (χ4n) is 1.76. The molecule has 2 N–H and O–H groups in total. The van der Waals surface area contributed by atoms with Crippen molar-refractivity contribution in [2.45, 2.75) is 19.9 Å². The highest BCUT2D eigenvalue weighted by atomic mass is 16.4. The molecule has 0 fully saturated rings. The topological polar surface area (TPSA) is 110 Å². The molecule has 0 spiro atoms. The lowest BCUT2D eigenvalue weighted by molar-refractivity contribution is -0.141. The summed E-state index contributed by atoms with van der Waals surface area (Å²) in [5.74, 6) is -2.02. The molecule has 0 saturated heterocycles. The molecule has 1 aromatic heterocycles. The van der Waals surface area contributed by atoms with Crippen molar-refractivity contribution in [1.29, 1.82) is 0 Å². The number of carbonyl (C=O) groups excluding carboxylic acids is 1. The van der Waals surface area contributed by atoms with E-state index in [0.29, 0.717) is 11.3 Å². The van der Waals surface area contributed by atoms with Crippen LogP contribution >= 0.6 is 0 Å². The Balaban J connectivity index is 2.23. The van der Waals surface area contributed by atoms with Gasteiger partial charge >= 0.3 is 5.97 Å². The zero-order valence-electron chi connectivity index (χ0n) is 11.6. The Morgan fingerprint density at radius 2 is 2.00 bits per heavy atom. The summed E-state index contributed by atoms with van der Waals surface area (Å²) in [7, 11) is 0. The van der Waals surface area contributed by atoms with E-state index in [9.17, 15) is 9.59 Å². The predicted molar refractivity (Wildman–Crippen MR) is 72.9 cm³/mol. The highest BCUT2D eigenvalue weighted by molar-refractivity contribution is 5.98. The van der Waals surface area contributed by atoms with Gasteiger partial charge in [-0.15, -0.1) is 5.10 Å². The number of nitrogens with one attached hydrogen (secondary N) is 1. The average Bonchev–Trinajstić information content (AvgIpc) is 3.00. The Morgan fingerprint density at radius 3 is 2.62 bits per heavy atom. The Bertz CT molecular complexity index is 641. The third-order valence-corrected chi connectivity index (χ3v) is 3.24. The van der Waals surface area contributed by atoms with Crippen LogP contribution in [0.2, 0.25) is 0 Å². The number of nitrogens with zero attached hydrogens (tertiary/aromatic N) is 4. The first-order valence-electron chi connectivity index (χ1n) is 6.36. The van der Waals surface area contributed by atoms with E-state index in [0.717, 1.165) is 0 Å². The number of hydrogen-bond donors (Lipinski definition) is 2. The van der Waals surface area contributed by atoms with E-state index < -0.39 is 17.9 Å². The second-order valence-electron chi connectivity index (χ2n) is 4.66. The Morgan fingerprint density at radius 1 is 1.29 bits per heavy atom. The van der Waals surface area contributed by atoms with Crippen molar-refractivity contribution in [3.63, 3.8) is 0 Å². The zero-order valence-corrected chi connectivity index (χ0v) is 11.6. The van der Waals surface area contributed by atoms with Crippen molar-refractivity contribution < 1.29 is 14.7 Å². The number of benzene rings is 1. The van der Waals surface area contributed by atoms with Gasteiger partial charge in [0.25, 0.3) is 5.91 Å². The fourth-order valence-corrected chi connectivity index (χ4v) is 1.76. The molecule has 1 amide bonds. The van der Waals surface area contributed by atoms with Gasteiger partial charge in [-0.3, -0.25) is 9.59 Å². The van der Waals surface area contributed by atoms with E-state index >= 15 is 0 Å². The summed E-state index contributed by atoms with van der Waals surface area (Å²) in [5.41, 5.74) is 0.893. The minimum Gasteiger partial charge on any atom is -0.481 e. The molecule has 8 heteroatoms. The molecule has 0 radical (unpaired) electrons. The van der Waals surface area contributed by atoms with Gasteiger partial charge < -0.3 is 10.4 Å². The lowest BCUT2D eigenvalue weighted by atomic mass is 10.0. The normalized spacial score (nSPS) is 13.4. The van der Waals surface area contributed by atoms with Gasteiger partial charge in [0.1, 0.15) is 6.33 Å². The van der Waals surface area contributed by atoms with Crippen LogP contribution in [0.15, 0.2) is 30.6 Å². The molecule has 0 aliphatic rings. The maximum atomic E-state index is 12.3.